The van der Waals surface area contributed by atoms with Crippen LogP contribution in [0.3, 0.4) is 0 Å². The molecule has 0 radical (unpaired) electrons. The Balaban J connectivity index is 3.32. The summed E-state index contributed by atoms with van der Waals surface area (Å²) in [6.07, 6.45) is 40.3. The third-order valence-electron chi connectivity index (χ3n) is 7.13. The zero-order valence-corrected chi connectivity index (χ0v) is 22.9. The maximum atomic E-state index is 3.55. The van der Waals surface area contributed by atoms with Gasteiger partial charge in [0.05, 0.1) is 0 Å². The molecule has 1 atom stereocenters. The largest absolute Gasteiger partial charge is 0.317 e. The van der Waals surface area contributed by atoms with E-state index in [9.17, 15) is 0 Å². The number of rotatable bonds is 27. The highest BCUT2D eigenvalue weighted by molar-refractivity contribution is 4.82. The van der Waals surface area contributed by atoms with Gasteiger partial charge < -0.3 is 5.32 Å². The Hall–Kier alpha value is -0.300. The van der Waals surface area contributed by atoms with Crippen LogP contribution in [0.1, 0.15) is 174 Å². The van der Waals surface area contributed by atoms with E-state index in [1.54, 1.807) is 0 Å². The van der Waals surface area contributed by atoms with Gasteiger partial charge >= 0.3 is 0 Å². The van der Waals surface area contributed by atoms with Gasteiger partial charge in [0.1, 0.15) is 0 Å². The van der Waals surface area contributed by atoms with Crippen LogP contribution in [0.2, 0.25) is 0 Å². The summed E-state index contributed by atoms with van der Waals surface area (Å²) in [5.41, 5.74) is 0. The Bertz CT molecular complexity index is 348. The van der Waals surface area contributed by atoms with Crippen molar-refractivity contribution < 1.29 is 0 Å². The van der Waals surface area contributed by atoms with Gasteiger partial charge in [0.15, 0.2) is 0 Å². The maximum Gasteiger partial charge on any atom is 0.00641 e. The lowest BCUT2D eigenvalue weighted by Gasteiger charge is -2.15. The van der Waals surface area contributed by atoms with Crippen LogP contribution in [0.4, 0.5) is 0 Å². The van der Waals surface area contributed by atoms with Gasteiger partial charge in [-0.3, -0.25) is 0 Å². The van der Waals surface area contributed by atoms with Crippen molar-refractivity contribution in [2.24, 2.45) is 0 Å². The molecule has 1 N–H and O–H groups in total. The summed E-state index contributed by atoms with van der Waals surface area (Å²) in [4.78, 5) is 0. The van der Waals surface area contributed by atoms with E-state index >= 15 is 0 Å². The van der Waals surface area contributed by atoms with Crippen molar-refractivity contribution in [3.8, 4) is 0 Å². The molecule has 192 valence electrons. The number of hydrogen-bond acceptors (Lipinski definition) is 1. The molecule has 0 bridgehead atoms. The normalized spacial score (nSPS) is 12.7. The van der Waals surface area contributed by atoms with Crippen LogP contribution in [0.5, 0.6) is 0 Å². The predicted molar refractivity (Wildman–Crippen MR) is 149 cm³/mol. The molecular formula is C31H63N. The van der Waals surface area contributed by atoms with Gasteiger partial charge in [0, 0.05) is 6.04 Å². The molecule has 32 heavy (non-hydrogen) atoms. The Morgan fingerprint density at radius 1 is 0.438 bits per heavy atom. The SMILES string of the molecule is CCCCCCCCCCCCCCC=CCCCC(CCCCCCCCCC)NC. The Morgan fingerprint density at radius 3 is 1.22 bits per heavy atom. The summed E-state index contributed by atoms with van der Waals surface area (Å²) in [6.45, 7) is 4.60. The van der Waals surface area contributed by atoms with Crippen LogP contribution in [0.25, 0.3) is 0 Å². The van der Waals surface area contributed by atoms with Crippen molar-refractivity contribution in [2.45, 2.75) is 180 Å². The summed E-state index contributed by atoms with van der Waals surface area (Å²) >= 11 is 0. The number of nitrogens with one attached hydrogen (secondary N) is 1. The quantitative estimate of drug-likeness (QED) is 0.0970. The second-order valence-electron chi connectivity index (χ2n) is 10.3. The van der Waals surface area contributed by atoms with Crippen molar-refractivity contribution in [1.82, 2.24) is 5.32 Å². The number of unbranched alkanes of at least 4 members (excludes halogenated alkanes) is 20. The van der Waals surface area contributed by atoms with E-state index in [0.29, 0.717) is 0 Å². The summed E-state index contributed by atoms with van der Waals surface area (Å²) in [6, 6.07) is 0.736. The monoisotopic (exact) mass is 449 g/mol. The maximum absolute atomic E-state index is 3.55. The fraction of sp³-hybridized carbons (Fsp3) is 0.935. The van der Waals surface area contributed by atoms with E-state index in [0.717, 1.165) is 6.04 Å². The molecule has 0 aromatic rings. The van der Waals surface area contributed by atoms with Gasteiger partial charge in [-0.15, -0.1) is 0 Å². The summed E-state index contributed by atoms with van der Waals surface area (Å²) < 4.78 is 0. The minimum Gasteiger partial charge on any atom is -0.317 e. The minimum atomic E-state index is 0.736. The number of hydrogen-bond donors (Lipinski definition) is 1. The van der Waals surface area contributed by atoms with Gasteiger partial charge in [-0.25, -0.2) is 0 Å². The molecule has 0 aliphatic rings. The molecular weight excluding hydrogens is 386 g/mol. The van der Waals surface area contributed by atoms with Crippen LogP contribution < -0.4 is 5.32 Å². The van der Waals surface area contributed by atoms with Gasteiger partial charge in [-0.1, -0.05) is 148 Å². The van der Waals surface area contributed by atoms with E-state index in [-0.39, 0.29) is 0 Å². The molecule has 0 heterocycles. The summed E-state index contributed by atoms with van der Waals surface area (Å²) in [5, 5.41) is 3.55. The fourth-order valence-electron chi connectivity index (χ4n) is 4.78. The Labute approximate surface area is 205 Å². The molecule has 0 spiro atoms. The molecule has 0 saturated heterocycles. The molecule has 0 aromatic heterocycles. The minimum absolute atomic E-state index is 0.736. The van der Waals surface area contributed by atoms with Crippen LogP contribution in [-0.2, 0) is 0 Å². The zero-order chi connectivity index (χ0) is 23.4. The first-order valence-corrected chi connectivity index (χ1v) is 15.2. The summed E-state index contributed by atoms with van der Waals surface area (Å²) in [5.74, 6) is 0. The van der Waals surface area contributed by atoms with Crippen molar-refractivity contribution in [3.05, 3.63) is 12.2 Å². The highest BCUT2D eigenvalue weighted by Crippen LogP contribution is 2.14. The van der Waals surface area contributed by atoms with E-state index in [4.69, 9.17) is 0 Å². The van der Waals surface area contributed by atoms with Crippen molar-refractivity contribution >= 4 is 0 Å². The Morgan fingerprint density at radius 2 is 0.781 bits per heavy atom. The standard InChI is InChI=1S/C31H63N/c1-4-6-8-10-12-14-15-16-17-18-19-20-21-22-24-26-28-30-31(32-3)29-27-25-23-13-11-9-7-5-2/h22,24,31-32H,4-21,23,25-30H2,1-3H3. The highest BCUT2D eigenvalue weighted by atomic mass is 14.9. The van der Waals surface area contributed by atoms with Gasteiger partial charge in [-0.2, -0.15) is 0 Å². The first-order chi connectivity index (χ1) is 15.8. The fourth-order valence-corrected chi connectivity index (χ4v) is 4.78. The lowest BCUT2D eigenvalue weighted by atomic mass is 10.0. The van der Waals surface area contributed by atoms with E-state index in [1.807, 2.05) is 0 Å². The second-order valence-corrected chi connectivity index (χ2v) is 10.3. The summed E-state index contributed by atoms with van der Waals surface area (Å²) in [7, 11) is 2.15. The predicted octanol–water partition coefficient (Wildman–Crippen LogP) is 10.9. The second kappa shape index (κ2) is 28.7. The van der Waals surface area contributed by atoms with Crippen LogP contribution >= 0.6 is 0 Å². The van der Waals surface area contributed by atoms with E-state index < -0.39 is 0 Å². The lowest BCUT2D eigenvalue weighted by molar-refractivity contribution is 0.447. The third kappa shape index (κ3) is 26.0. The molecule has 0 aliphatic heterocycles. The van der Waals surface area contributed by atoms with Gasteiger partial charge in [-0.05, 0) is 45.6 Å². The van der Waals surface area contributed by atoms with E-state index in [2.05, 4.69) is 38.4 Å². The molecule has 1 unspecified atom stereocenters. The van der Waals surface area contributed by atoms with E-state index in [1.165, 1.54) is 161 Å². The number of allylic oxidation sites excluding steroid dienone is 2. The molecule has 1 heteroatoms. The topological polar surface area (TPSA) is 12.0 Å². The first kappa shape index (κ1) is 31.7. The van der Waals surface area contributed by atoms with Crippen molar-refractivity contribution in [2.75, 3.05) is 7.05 Å². The Kier molecular flexibility index (Phi) is 28.5. The van der Waals surface area contributed by atoms with Crippen molar-refractivity contribution in [3.63, 3.8) is 0 Å². The average Bonchev–Trinajstić information content (AvgIpc) is 2.81. The smallest absolute Gasteiger partial charge is 0.00641 e. The molecule has 0 rings (SSSR count). The molecule has 0 saturated carbocycles. The average molecular weight is 450 g/mol. The van der Waals surface area contributed by atoms with Crippen molar-refractivity contribution in [1.29, 1.82) is 0 Å². The lowest BCUT2D eigenvalue weighted by Crippen LogP contribution is -2.24. The van der Waals surface area contributed by atoms with Gasteiger partial charge in [0.25, 0.3) is 0 Å². The van der Waals surface area contributed by atoms with Crippen LogP contribution in [0, 0.1) is 0 Å². The van der Waals surface area contributed by atoms with Crippen LogP contribution in [-0.4, -0.2) is 13.1 Å². The molecule has 0 aromatic carbocycles. The van der Waals surface area contributed by atoms with Crippen LogP contribution in [0.15, 0.2) is 12.2 Å². The zero-order valence-electron chi connectivity index (χ0n) is 22.9. The first-order valence-electron chi connectivity index (χ1n) is 15.2. The molecule has 0 amide bonds. The third-order valence-corrected chi connectivity index (χ3v) is 7.13. The molecule has 1 nitrogen and oxygen atoms in total. The highest BCUT2D eigenvalue weighted by Gasteiger charge is 2.04. The molecule has 0 aliphatic carbocycles. The van der Waals surface area contributed by atoms with Gasteiger partial charge in [0.2, 0.25) is 0 Å². The molecule has 0 fully saturated rings.